The minimum Gasteiger partial charge on any atom is -0.481 e. The van der Waals surface area contributed by atoms with Crippen molar-refractivity contribution >= 4 is 11.9 Å². The van der Waals surface area contributed by atoms with E-state index in [1.807, 2.05) is 0 Å². The van der Waals surface area contributed by atoms with E-state index in [1.165, 1.54) is 0 Å². The van der Waals surface area contributed by atoms with Crippen LogP contribution in [0.2, 0.25) is 0 Å². The lowest BCUT2D eigenvalue weighted by molar-refractivity contribution is -0.147. The molecule has 0 saturated carbocycles. The van der Waals surface area contributed by atoms with Crippen LogP contribution in [0.4, 0.5) is 0 Å². The van der Waals surface area contributed by atoms with Gasteiger partial charge in [0.15, 0.2) is 0 Å². The van der Waals surface area contributed by atoms with E-state index >= 15 is 0 Å². The molecule has 1 heterocycles. The largest absolute Gasteiger partial charge is 0.481 e. The number of likely N-dealkylation sites (tertiary alicyclic amines) is 1. The first-order valence-corrected chi connectivity index (χ1v) is 6.18. The Balaban J connectivity index is 2.70. The van der Waals surface area contributed by atoms with E-state index in [9.17, 15) is 9.59 Å². The highest BCUT2D eigenvalue weighted by Gasteiger charge is 2.42. The second-order valence-corrected chi connectivity index (χ2v) is 5.12. The molecule has 4 nitrogen and oxygen atoms in total. The third-order valence-electron chi connectivity index (χ3n) is 3.55. The van der Waals surface area contributed by atoms with Crippen molar-refractivity contribution in [2.75, 3.05) is 13.1 Å². The number of hydrogen-bond donors (Lipinski definition) is 1. The van der Waals surface area contributed by atoms with Crippen molar-refractivity contribution in [3.8, 4) is 0 Å². The van der Waals surface area contributed by atoms with Gasteiger partial charge in [-0.05, 0) is 26.2 Å². The number of carboxylic acid groups (broad SMARTS) is 1. The summed E-state index contributed by atoms with van der Waals surface area (Å²) in [4.78, 5) is 25.1. The van der Waals surface area contributed by atoms with E-state index in [0.29, 0.717) is 32.4 Å². The van der Waals surface area contributed by atoms with Crippen molar-refractivity contribution in [3.63, 3.8) is 0 Å². The van der Waals surface area contributed by atoms with Gasteiger partial charge in [-0.2, -0.15) is 0 Å². The van der Waals surface area contributed by atoms with E-state index in [1.54, 1.807) is 24.0 Å². The first-order valence-electron chi connectivity index (χ1n) is 6.18. The molecule has 0 aromatic heterocycles. The molecule has 1 fully saturated rings. The Kier molecular flexibility index (Phi) is 4.70. The molecule has 0 spiro atoms. The molecule has 1 rings (SSSR count). The molecule has 1 N–H and O–H groups in total. The summed E-state index contributed by atoms with van der Waals surface area (Å²) < 4.78 is 0. The average Bonchev–Trinajstić information content (AvgIpc) is 2.72. The number of aliphatic carboxylic acids is 1. The lowest BCUT2D eigenvalue weighted by Gasteiger charge is -2.23. The van der Waals surface area contributed by atoms with Gasteiger partial charge < -0.3 is 10.0 Å². The van der Waals surface area contributed by atoms with Crippen LogP contribution in [-0.2, 0) is 9.59 Å². The molecule has 0 aromatic rings. The molecule has 1 saturated heterocycles. The van der Waals surface area contributed by atoms with Crippen LogP contribution in [0.1, 0.15) is 26.2 Å². The van der Waals surface area contributed by atoms with Gasteiger partial charge in [0.1, 0.15) is 0 Å². The number of rotatable bonds is 6. The Morgan fingerprint density at radius 2 is 1.94 bits per heavy atom. The maximum Gasteiger partial charge on any atom is 0.311 e. The third kappa shape index (κ3) is 3.00. The van der Waals surface area contributed by atoms with Crippen molar-refractivity contribution in [1.82, 2.24) is 4.90 Å². The second kappa shape index (κ2) is 5.85. The quantitative estimate of drug-likeness (QED) is 0.735. The number of carbonyl (C=O) groups is 2. The zero-order chi connectivity index (χ0) is 13.8. The summed E-state index contributed by atoms with van der Waals surface area (Å²) in [7, 11) is 0. The van der Waals surface area contributed by atoms with Gasteiger partial charge in [-0.1, -0.05) is 12.2 Å². The lowest BCUT2D eigenvalue weighted by atomic mass is 9.90. The Morgan fingerprint density at radius 3 is 2.33 bits per heavy atom. The van der Waals surface area contributed by atoms with Crippen LogP contribution in [0.25, 0.3) is 0 Å². The smallest absolute Gasteiger partial charge is 0.311 e. The topological polar surface area (TPSA) is 57.6 Å². The van der Waals surface area contributed by atoms with Crippen LogP contribution < -0.4 is 0 Å². The fraction of sp³-hybridized carbons (Fsp3) is 0.571. The molecule has 1 unspecified atom stereocenters. The Morgan fingerprint density at radius 1 is 1.39 bits per heavy atom. The number of allylic oxidation sites excluding steroid dienone is 2. The molecule has 1 atom stereocenters. The molecule has 0 aromatic carbocycles. The van der Waals surface area contributed by atoms with Gasteiger partial charge in [-0.15, -0.1) is 13.2 Å². The Bertz CT molecular complexity index is 354. The fourth-order valence-corrected chi connectivity index (χ4v) is 2.28. The summed E-state index contributed by atoms with van der Waals surface area (Å²) in [6.45, 7) is 9.81. The van der Waals surface area contributed by atoms with Crippen LogP contribution in [-0.4, -0.2) is 35.0 Å². The van der Waals surface area contributed by atoms with Crippen LogP contribution in [0, 0.1) is 11.3 Å². The second-order valence-electron chi connectivity index (χ2n) is 5.12. The van der Waals surface area contributed by atoms with Crippen LogP contribution in [0.15, 0.2) is 25.3 Å². The van der Waals surface area contributed by atoms with E-state index in [0.717, 1.165) is 0 Å². The van der Waals surface area contributed by atoms with Crippen molar-refractivity contribution < 1.29 is 14.7 Å². The summed E-state index contributed by atoms with van der Waals surface area (Å²) in [6.07, 6.45) is 5.16. The number of carboxylic acids is 1. The predicted molar refractivity (Wildman–Crippen MR) is 70.1 cm³/mol. The maximum absolute atomic E-state index is 12.3. The molecule has 0 aliphatic carbocycles. The molecule has 0 bridgehead atoms. The fourth-order valence-electron chi connectivity index (χ4n) is 2.28. The number of hydrogen-bond acceptors (Lipinski definition) is 2. The van der Waals surface area contributed by atoms with Gasteiger partial charge >= 0.3 is 5.97 Å². The van der Waals surface area contributed by atoms with Gasteiger partial charge in [-0.25, -0.2) is 0 Å². The van der Waals surface area contributed by atoms with Crippen LogP contribution in [0.5, 0.6) is 0 Å². The number of amides is 1. The van der Waals surface area contributed by atoms with Crippen molar-refractivity contribution in [2.45, 2.75) is 26.2 Å². The van der Waals surface area contributed by atoms with Gasteiger partial charge in [-0.3, -0.25) is 9.59 Å². The Labute approximate surface area is 108 Å². The molecule has 1 aliphatic rings. The van der Waals surface area contributed by atoms with E-state index < -0.39 is 11.4 Å². The summed E-state index contributed by atoms with van der Waals surface area (Å²) in [5, 5.41) is 9.15. The zero-order valence-corrected chi connectivity index (χ0v) is 10.9. The molecule has 1 aliphatic heterocycles. The normalized spacial score (nSPS) is 23.1. The van der Waals surface area contributed by atoms with E-state index in [-0.39, 0.29) is 11.8 Å². The highest BCUT2D eigenvalue weighted by molar-refractivity contribution is 5.82. The van der Waals surface area contributed by atoms with Crippen molar-refractivity contribution in [1.29, 1.82) is 0 Å². The summed E-state index contributed by atoms with van der Waals surface area (Å²) in [6, 6.07) is 0. The molecular weight excluding hydrogens is 230 g/mol. The summed E-state index contributed by atoms with van der Waals surface area (Å²) in [5.41, 5.74) is -0.803. The molecule has 4 heteroatoms. The molecule has 0 radical (unpaired) electrons. The third-order valence-corrected chi connectivity index (χ3v) is 3.55. The predicted octanol–water partition coefficient (Wildman–Crippen LogP) is 2.08. The Hall–Kier alpha value is -1.58. The number of carbonyl (C=O) groups excluding carboxylic acids is 1. The van der Waals surface area contributed by atoms with Gasteiger partial charge in [0.25, 0.3) is 0 Å². The SMILES string of the molecule is C=CCC(CC=C)C(=O)N1CCC(C)(C(=O)O)C1. The standard InChI is InChI=1S/C14H21NO3/c1-4-6-11(7-5-2)12(16)15-9-8-14(3,10-15)13(17)18/h4-5,11H,1-2,6-10H2,3H3,(H,17,18). The minimum atomic E-state index is -0.832. The number of nitrogens with zero attached hydrogens (tertiary/aromatic N) is 1. The van der Waals surface area contributed by atoms with Crippen LogP contribution in [0.3, 0.4) is 0 Å². The summed E-state index contributed by atoms with van der Waals surface area (Å²) >= 11 is 0. The monoisotopic (exact) mass is 251 g/mol. The average molecular weight is 251 g/mol. The van der Waals surface area contributed by atoms with Gasteiger partial charge in [0, 0.05) is 19.0 Å². The first-order chi connectivity index (χ1) is 8.44. The van der Waals surface area contributed by atoms with Gasteiger partial charge in [0.05, 0.1) is 5.41 Å². The molecular formula is C14H21NO3. The van der Waals surface area contributed by atoms with Crippen molar-refractivity contribution in [3.05, 3.63) is 25.3 Å². The lowest BCUT2D eigenvalue weighted by Crippen LogP contribution is -2.37. The first kappa shape index (κ1) is 14.5. The van der Waals surface area contributed by atoms with Crippen LogP contribution >= 0.6 is 0 Å². The highest BCUT2D eigenvalue weighted by Crippen LogP contribution is 2.31. The highest BCUT2D eigenvalue weighted by atomic mass is 16.4. The van der Waals surface area contributed by atoms with Gasteiger partial charge in [0.2, 0.25) is 5.91 Å². The maximum atomic E-state index is 12.3. The summed E-state index contributed by atoms with van der Waals surface area (Å²) in [5.74, 6) is -0.974. The van der Waals surface area contributed by atoms with E-state index in [4.69, 9.17) is 5.11 Å². The van der Waals surface area contributed by atoms with Crippen molar-refractivity contribution in [2.24, 2.45) is 11.3 Å². The zero-order valence-electron chi connectivity index (χ0n) is 10.9. The molecule has 100 valence electrons. The minimum absolute atomic E-state index is 0.0137. The van der Waals surface area contributed by atoms with E-state index in [2.05, 4.69) is 13.2 Å². The molecule has 1 amide bonds. The molecule has 18 heavy (non-hydrogen) atoms.